The van der Waals surface area contributed by atoms with Crippen LogP contribution < -0.4 is 20.7 Å². The maximum absolute atomic E-state index is 13.0. The number of hydrogen-bond donors (Lipinski definition) is 5. The molecule has 0 unspecified atom stereocenters. The molecular weight excluding hydrogens is 941 g/mol. The second-order valence-corrected chi connectivity index (χ2v) is 21.7. The van der Waals surface area contributed by atoms with Crippen molar-refractivity contribution in [2.24, 2.45) is 0 Å². The lowest BCUT2D eigenvalue weighted by Crippen LogP contribution is -2.28. The molecule has 2 aliphatic heterocycles. The molecule has 16 nitrogen and oxygen atoms in total. The number of anilines is 2. The number of imidazole rings is 1. The molecule has 0 spiro atoms. The van der Waals surface area contributed by atoms with E-state index >= 15 is 0 Å². The van der Waals surface area contributed by atoms with Crippen LogP contribution in [0.3, 0.4) is 0 Å². The number of nitrogens with one attached hydrogen (secondary N) is 2. The zero-order valence-corrected chi connectivity index (χ0v) is 41.8. The van der Waals surface area contributed by atoms with E-state index in [1.807, 2.05) is 101 Å². The first kappa shape index (κ1) is 50.4. The fourth-order valence-corrected chi connectivity index (χ4v) is 10.4. The molecule has 0 bridgehead atoms. The molecular formula is C53H59N8O8S2+. The standard InChI is InChI=1S/C53H58N8O8S2/c1-52(2)41-31-39(70(63,64)65)25-27-43(41)60(29-12-8-11-20-47(62)55-33-37-21-23-38(24-22-37)34-69-50-48-49(57-35-56-48)58-51(54)59-50)45(52)18-13-19-46-53(3,4)42-32-40(71(66,67)68)26-28-44(42)61(46)30-14-17-36-15-9-6-5-7-10-16-36/h5-7,9-10,13,15-16,18-19,21-28,31-32,35H,8,11-12,14,17,20,29-30,33-34H2,1-4H3,(H5-,54,55,56,57,58,59,62,63,64,65,66,67,68)/p+1/b6-5-,7-5?,9-6?,10-7-,15-9?,16-10?,36-15?,36-16?. The highest BCUT2D eigenvalue weighted by molar-refractivity contribution is 7.86. The summed E-state index contributed by atoms with van der Waals surface area (Å²) in [5, 5.41) is 3.02. The molecule has 370 valence electrons. The molecule has 4 heterocycles. The van der Waals surface area contributed by atoms with Gasteiger partial charge in [-0.1, -0.05) is 93.1 Å². The molecule has 0 atom stereocenters. The van der Waals surface area contributed by atoms with Crippen LogP contribution in [-0.4, -0.2) is 75.2 Å². The van der Waals surface area contributed by atoms with Crippen molar-refractivity contribution in [2.45, 2.75) is 100.0 Å². The van der Waals surface area contributed by atoms with E-state index < -0.39 is 31.1 Å². The minimum atomic E-state index is -4.47. The Bertz CT molecular complexity index is 3310. The van der Waals surface area contributed by atoms with E-state index in [0.29, 0.717) is 49.5 Å². The van der Waals surface area contributed by atoms with Gasteiger partial charge in [0, 0.05) is 60.4 Å². The van der Waals surface area contributed by atoms with Crippen molar-refractivity contribution in [3.05, 3.63) is 161 Å². The van der Waals surface area contributed by atoms with Gasteiger partial charge in [0.1, 0.15) is 18.7 Å². The summed E-state index contributed by atoms with van der Waals surface area (Å²) in [5.41, 5.74) is 13.6. The Labute approximate surface area is 414 Å². The predicted octanol–water partition coefficient (Wildman–Crippen LogP) is 8.89. The number of aromatic amines is 1. The highest BCUT2D eigenvalue weighted by atomic mass is 32.2. The van der Waals surface area contributed by atoms with Crippen molar-refractivity contribution in [2.75, 3.05) is 23.7 Å². The van der Waals surface area contributed by atoms with Gasteiger partial charge >= 0.3 is 0 Å². The number of amides is 1. The first-order chi connectivity index (χ1) is 33.8. The molecule has 0 fully saturated rings. The van der Waals surface area contributed by atoms with E-state index in [-0.39, 0.29) is 28.3 Å². The molecule has 0 radical (unpaired) electrons. The number of hydrogen-bond acceptors (Lipinski definition) is 11. The molecule has 1 aliphatic carbocycles. The van der Waals surface area contributed by atoms with Gasteiger partial charge < -0.3 is 25.7 Å². The number of H-pyrrole nitrogens is 1. The SMILES string of the molecule is CC1(C)C(/C=C/C=C2/N(CCCCCC(=O)NCc3ccc(COc4nc(N)nc5nc[nH]c45)cc3)c3ccc(S(=O)(=O)O)cc3C2(C)C)=[N+](CCCC2=C/C=C\C=C/C=C2)c2ccc(S(=O)(=O)O)cc21. The molecule has 8 rings (SSSR count). The molecule has 5 aromatic rings. The van der Waals surface area contributed by atoms with E-state index in [1.165, 1.54) is 30.1 Å². The summed E-state index contributed by atoms with van der Waals surface area (Å²) in [6, 6.07) is 17.2. The smallest absolute Gasteiger partial charge is 0.294 e. The predicted molar refractivity (Wildman–Crippen MR) is 275 cm³/mol. The quantitative estimate of drug-likeness (QED) is 0.0296. The Balaban J connectivity index is 0.939. The van der Waals surface area contributed by atoms with Crippen LogP contribution in [-0.2, 0) is 49.0 Å². The molecule has 3 aromatic carbocycles. The van der Waals surface area contributed by atoms with E-state index in [1.54, 1.807) is 18.2 Å². The van der Waals surface area contributed by atoms with E-state index in [4.69, 9.17) is 10.5 Å². The number of nitrogen functional groups attached to an aromatic ring is 1. The number of allylic oxidation sites excluding steroid dienone is 12. The second-order valence-electron chi connectivity index (χ2n) is 18.8. The summed E-state index contributed by atoms with van der Waals surface area (Å²) in [5.74, 6) is 0.329. The fraction of sp³-hybridized carbons (Fsp3) is 0.302. The normalized spacial score (nSPS) is 17.6. The first-order valence-electron chi connectivity index (χ1n) is 23.5. The lowest BCUT2D eigenvalue weighted by Gasteiger charge is -2.27. The van der Waals surface area contributed by atoms with Crippen LogP contribution in [0.2, 0.25) is 0 Å². The van der Waals surface area contributed by atoms with Crippen LogP contribution in [0.4, 0.5) is 17.3 Å². The lowest BCUT2D eigenvalue weighted by molar-refractivity contribution is -0.438. The average Bonchev–Trinajstić information content (AvgIpc) is 3.93. The number of carbonyl (C=O) groups excluding carboxylic acids is 1. The van der Waals surface area contributed by atoms with Crippen LogP contribution >= 0.6 is 0 Å². The summed E-state index contributed by atoms with van der Waals surface area (Å²) >= 11 is 0. The van der Waals surface area contributed by atoms with E-state index in [2.05, 4.69) is 46.9 Å². The van der Waals surface area contributed by atoms with Gasteiger partial charge in [-0.25, -0.2) is 4.98 Å². The van der Waals surface area contributed by atoms with Gasteiger partial charge in [0.25, 0.3) is 20.2 Å². The summed E-state index contributed by atoms with van der Waals surface area (Å²) in [6.07, 6.45) is 25.9. The molecule has 3 aliphatic rings. The van der Waals surface area contributed by atoms with Crippen molar-refractivity contribution in [1.82, 2.24) is 25.3 Å². The van der Waals surface area contributed by atoms with Crippen molar-refractivity contribution in [3.8, 4) is 5.88 Å². The molecule has 71 heavy (non-hydrogen) atoms. The number of benzene rings is 3. The summed E-state index contributed by atoms with van der Waals surface area (Å²) in [7, 11) is -8.92. The molecule has 0 saturated heterocycles. The van der Waals surface area contributed by atoms with Crippen LogP contribution in [0.15, 0.2) is 149 Å². The second kappa shape index (κ2) is 20.8. The van der Waals surface area contributed by atoms with Crippen molar-refractivity contribution >= 4 is 60.3 Å². The minimum absolute atomic E-state index is 0.0560. The van der Waals surface area contributed by atoms with Gasteiger partial charge in [-0.2, -0.15) is 31.4 Å². The van der Waals surface area contributed by atoms with Gasteiger partial charge in [0.05, 0.1) is 21.5 Å². The molecule has 0 saturated carbocycles. The third kappa shape index (κ3) is 11.5. The van der Waals surface area contributed by atoms with Gasteiger partial charge in [-0.15, -0.1) is 0 Å². The van der Waals surface area contributed by atoms with Crippen LogP contribution in [0.1, 0.15) is 88.5 Å². The number of fused-ring (bicyclic) bond motifs is 3. The zero-order chi connectivity index (χ0) is 50.6. The lowest BCUT2D eigenvalue weighted by atomic mass is 9.81. The third-order valence-corrected chi connectivity index (χ3v) is 14.9. The van der Waals surface area contributed by atoms with Crippen LogP contribution in [0.5, 0.6) is 5.88 Å². The van der Waals surface area contributed by atoms with Crippen LogP contribution in [0.25, 0.3) is 11.2 Å². The third-order valence-electron chi connectivity index (χ3n) is 13.2. The number of nitrogens with two attached hydrogens (primary N) is 1. The van der Waals surface area contributed by atoms with Gasteiger partial charge in [-0.3, -0.25) is 13.9 Å². The average molecular weight is 1000 g/mol. The number of rotatable bonds is 19. The van der Waals surface area contributed by atoms with Crippen LogP contribution in [0, 0.1) is 0 Å². The number of aromatic nitrogens is 4. The Kier molecular flexibility index (Phi) is 14.7. The summed E-state index contributed by atoms with van der Waals surface area (Å²) < 4.78 is 77.4. The van der Waals surface area contributed by atoms with Crippen molar-refractivity contribution < 1.29 is 40.0 Å². The fourth-order valence-electron chi connectivity index (χ4n) is 9.41. The summed E-state index contributed by atoms with van der Waals surface area (Å²) in [4.78, 5) is 30.1. The van der Waals surface area contributed by atoms with Gasteiger partial charge in [0.2, 0.25) is 23.4 Å². The zero-order valence-electron chi connectivity index (χ0n) is 40.2. The van der Waals surface area contributed by atoms with E-state index in [0.717, 1.165) is 70.7 Å². The maximum atomic E-state index is 13.0. The number of carbonyl (C=O) groups is 1. The highest BCUT2D eigenvalue weighted by Gasteiger charge is 2.45. The molecule has 2 aromatic heterocycles. The minimum Gasteiger partial charge on any atom is -0.471 e. The van der Waals surface area contributed by atoms with Gasteiger partial charge in [0.15, 0.2) is 11.4 Å². The number of unbranched alkanes of at least 4 members (excludes halogenated alkanes) is 2. The Hall–Kier alpha value is -6.99. The van der Waals surface area contributed by atoms with E-state index in [9.17, 15) is 30.7 Å². The summed E-state index contributed by atoms with van der Waals surface area (Å²) in [6.45, 7) is 9.98. The first-order valence-corrected chi connectivity index (χ1v) is 26.4. The monoisotopic (exact) mass is 999 g/mol. The van der Waals surface area contributed by atoms with Gasteiger partial charge in [-0.05, 0) is 91.8 Å². The molecule has 6 N–H and O–H groups in total. The van der Waals surface area contributed by atoms with Crippen molar-refractivity contribution in [1.29, 1.82) is 0 Å². The number of nitrogens with zero attached hydrogens (tertiary/aromatic N) is 5. The number of ether oxygens (including phenoxy) is 1. The van der Waals surface area contributed by atoms with Crippen molar-refractivity contribution in [3.63, 3.8) is 0 Å². The Morgan fingerprint density at radius 3 is 2.31 bits per heavy atom. The highest BCUT2D eigenvalue weighted by Crippen LogP contribution is 2.49. The Morgan fingerprint density at radius 1 is 0.845 bits per heavy atom. The Morgan fingerprint density at radius 2 is 1.55 bits per heavy atom. The molecule has 18 heteroatoms. The maximum Gasteiger partial charge on any atom is 0.294 e. The molecule has 1 amide bonds. The largest absolute Gasteiger partial charge is 0.471 e. The topological polar surface area (TPSA) is 234 Å².